The number of phenols is 1. The minimum absolute atomic E-state index is 0.0228. The Bertz CT molecular complexity index is 824. The number of hydrogen-bond donors (Lipinski definition) is 5. The molecule has 0 saturated heterocycles. The molecule has 2 atom stereocenters. The van der Waals surface area contributed by atoms with E-state index in [9.17, 15) is 29.7 Å². The van der Waals surface area contributed by atoms with Crippen LogP contribution in [0.4, 0.5) is 4.79 Å². The Morgan fingerprint density at radius 3 is 2.14 bits per heavy atom. The number of carboxylic acid groups (broad SMARTS) is 1. The Kier molecular flexibility index (Phi) is 7.99. The second kappa shape index (κ2) is 10.7. The lowest BCUT2D eigenvalue weighted by Gasteiger charge is -2.20. The Labute approximate surface area is 166 Å². The molecule has 0 radical (unpaired) electrons. The molecule has 0 saturated carbocycles. The van der Waals surface area contributed by atoms with E-state index in [-0.39, 0.29) is 18.8 Å². The number of aliphatic hydroxyl groups excluding tert-OH is 1. The highest BCUT2D eigenvalue weighted by atomic mass is 16.5. The minimum Gasteiger partial charge on any atom is -0.508 e. The summed E-state index contributed by atoms with van der Waals surface area (Å²) in [7, 11) is 0. The van der Waals surface area contributed by atoms with Crippen molar-refractivity contribution >= 4 is 18.0 Å². The first-order valence-corrected chi connectivity index (χ1v) is 8.78. The maximum absolute atomic E-state index is 12.3. The molecule has 9 nitrogen and oxygen atoms in total. The van der Waals surface area contributed by atoms with Gasteiger partial charge < -0.3 is 30.7 Å². The molecule has 29 heavy (non-hydrogen) atoms. The first kappa shape index (κ1) is 21.7. The number of aromatic hydroxyl groups is 1. The van der Waals surface area contributed by atoms with Crippen LogP contribution >= 0.6 is 0 Å². The fourth-order valence-electron chi connectivity index (χ4n) is 2.44. The van der Waals surface area contributed by atoms with Crippen LogP contribution in [0.15, 0.2) is 54.6 Å². The van der Waals surface area contributed by atoms with Crippen LogP contribution in [-0.2, 0) is 27.4 Å². The summed E-state index contributed by atoms with van der Waals surface area (Å²) in [5.41, 5.74) is 1.32. The maximum Gasteiger partial charge on any atom is 0.408 e. The van der Waals surface area contributed by atoms with Crippen molar-refractivity contribution in [3.63, 3.8) is 0 Å². The van der Waals surface area contributed by atoms with Crippen molar-refractivity contribution in [3.05, 3.63) is 65.7 Å². The molecular formula is C20H22N2O7. The monoisotopic (exact) mass is 402 g/mol. The number of phenolic OH excluding ortho intramolecular Hbond substituents is 1. The van der Waals surface area contributed by atoms with Crippen LogP contribution < -0.4 is 10.6 Å². The molecule has 0 fully saturated rings. The van der Waals surface area contributed by atoms with Gasteiger partial charge in [-0.2, -0.15) is 0 Å². The van der Waals surface area contributed by atoms with Gasteiger partial charge in [0.25, 0.3) is 0 Å². The predicted octanol–water partition coefficient (Wildman–Crippen LogP) is 0.791. The molecule has 9 heteroatoms. The van der Waals surface area contributed by atoms with Gasteiger partial charge in [0.1, 0.15) is 24.4 Å². The van der Waals surface area contributed by atoms with Gasteiger partial charge in [0.2, 0.25) is 5.91 Å². The topological polar surface area (TPSA) is 145 Å². The van der Waals surface area contributed by atoms with Crippen molar-refractivity contribution in [2.45, 2.75) is 25.1 Å². The summed E-state index contributed by atoms with van der Waals surface area (Å²) < 4.78 is 4.99. The summed E-state index contributed by atoms with van der Waals surface area (Å²) >= 11 is 0. The molecule has 0 aromatic heterocycles. The van der Waals surface area contributed by atoms with Gasteiger partial charge in [-0.25, -0.2) is 9.59 Å². The van der Waals surface area contributed by atoms with Crippen LogP contribution in [0.3, 0.4) is 0 Å². The summed E-state index contributed by atoms with van der Waals surface area (Å²) in [6.45, 7) is -0.761. The summed E-state index contributed by atoms with van der Waals surface area (Å²) in [6, 6.07) is 12.1. The van der Waals surface area contributed by atoms with Gasteiger partial charge >= 0.3 is 12.1 Å². The van der Waals surface area contributed by atoms with Crippen molar-refractivity contribution in [1.29, 1.82) is 0 Å². The first-order valence-electron chi connectivity index (χ1n) is 8.78. The number of ether oxygens (including phenoxy) is 1. The zero-order valence-corrected chi connectivity index (χ0v) is 15.4. The lowest BCUT2D eigenvalue weighted by Crippen LogP contribution is -2.53. The van der Waals surface area contributed by atoms with Crippen LogP contribution in [0.5, 0.6) is 5.75 Å². The number of alkyl carbamates (subject to hydrolysis) is 1. The molecule has 0 aliphatic rings. The molecule has 2 amide bonds. The van der Waals surface area contributed by atoms with Crippen molar-refractivity contribution in [1.82, 2.24) is 10.6 Å². The fourth-order valence-corrected chi connectivity index (χ4v) is 2.44. The molecule has 0 bridgehead atoms. The molecule has 0 heterocycles. The van der Waals surface area contributed by atoms with E-state index in [1.54, 1.807) is 24.3 Å². The lowest BCUT2D eigenvalue weighted by atomic mass is 10.1. The number of aliphatic carboxylic acids is 1. The summed E-state index contributed by atoms with van der Waals surface area (Å²) in [6.07, 6.45) is -0.966. The van der Waals surface area contributed by atoms with Crippen LogP contribution in [0.1, 0.15) is 11.1 Å². The van der Waals surface area contributed by atoms with Crippen LogP contribution in [0.2, 0.25) is 0 Å². The zero-order valence-electron chi connectivity index (χ0n) is 15.4. The third kappa shape index (κ3) is 7.15. The number of nitrogens with one attached hydrogen (secondary N) is 2. The molecule has 2 rings (SSSR count). The lowest BCUT2D eigenvalue weighted by molar-refractivity contribution is -0.142. The van der Waals surface area contributed by atoms with E-state index >= 15 is 0 Å². The van der Waals surface area contributed by atoms with Crippen molar-refractivity contribution in [2.24, 2.45) is 0 Å². The van der Waals surface area contributed by atoms with Gasteiger partial charge in [-0.1, -0.05) is 42.5 Å². The van der Waals surface area contributed by atoms with Crippen molar-refractivity contribution in [2.75, 3.05) is 6.61 Å². The largest absolute Gasteiger partial charge is 0.508 e. The van der Waals surface area contributed by atoms with E-state index in [4.69, 9.17) is 4.74 Å². The number of benzene rings is 2. The number of carbonyl (C=O) groups excluding carboxylic acids is 2. The van der Waals surface area contributed by atoms with E-state index in [0.29, 0.717) is 5.56 Å². The van der Waals surface area contributed by atoms with Crippen LogP contribution in [-0.4, -0.2) is 52.0 Å². The Balaban J connectivity index is 1.91. The van der Waals surface area contributed by atoms with Gasteiger partial charge in [-0.15, -0.1) is 0 Å². The minimum atomic E-state index is -1.38. The summed E-state index contributed by atoms with van der Waals surface area (Å²) in [5, 5.41) is 32.5. The maximum atomic E-state index is 12.3. The van der Waals surface area contributed by atoms with E-state index < -0.39 is 36.7 Å². The molecule has 5 N–H and O–H groups in total. The van der Waals surface area contributed by atoms with E-state index in [0.717, 1.165) is 5.56 Å². The Hall–Kier alpha value is -3.59. The Morgan fingerprint density at radius 2 is 1.55 bits per heavy atom. The first-order chi connectivity index (χ1) is 13.9. The number of hydrogen-bond acceptors (Lipinski definition) is 6. The van der Waals surface area contributed by atoms with Gasteiger partial charge in [0.05, 0.1) is 6.61 Å². The highest BCUT2D eigenvalue weighted by Crippen LogP contribution is 2.11. The SMILES string of the molecule is O=C(N[C@H](CO)C(=O)N[C@@H](Cc1ccc(O)cc1)C(=O)O)OCc1ccccc1. The third-order valence-corrected chi connectivity index (χ3v) is 3.99. The molecular weight excluding hydrogens is 380 g/mol. The van der Waals surface area contributed by atoms with Crippen LogP contribution in [0.25, 0.3) is 0 Å². The van der Waals surface area contributed by atoms with Crippen molar-refractivity contribution in [3.8, 4) is 5.75 Å². The third-order valence-electron chi connectivity index (χ3n) is 3.99. The molecule has 0 spiro atoms. The fraction of sp³-hybridized carbons (Fsp3) is 0.250. The average molecular weight is 402 g/mol. The number of carbonyl (C=O) groups is 3. The van der Waals surface area contributed by atoms with Gasteiger partial charge in [0.15, 0.2) is 0 Å². The molecule has 0 unspecified atom stereocenters. The zero-order chi connectivity index (χ0) is 21.2. The number of carboxylic acids is 1. The number of amides is 2. The normalized spacial score (nSPS) is 12.4. The standard InChI is InChI=1S/C20H22N2O7/c23-11-17(22-20(28)29-12-14-4-2-1-3-5-14)18(25)21-16(19(26)27)10-13-6-8-15(24)9-7-13/h1-9,16-17,23-24H,10-12H2,(H,21,25)(H,22,28)(H,26,27)/t16-,17+/m0/s1. The number of aliphatic hydroxyl groups is 1. The van der Waals surface area contributed by atoms with Gasteiger partial charge in [-0.05, 0) is 23.3 Å². The molecule has 0 aliphatic heterocycles. The smallest absolute Gasteiger partial charge is 0.408 e. The second-order valence-electron chi connectivity index (χ2n) is 6.21. The quantitative estimate of drug-likeness (QED) is 0.417. The number of rotatable bonds is 9. The van der Waals surface area contributed by atoms with Gasteiger partial charge in [-0.3, -0.25) is 4.79 Å². The van der Waals surface area contributed by atoms with E-state index in [1.807, 2.05) is 6.07 Å². The van der Waals surface area contributed by atoms with Crippen LogP contribution in [0, 0.1) is 0 Å². The molecule has 2 aromatic carbocycles. The summed E-state index contributed by atoms with van der Waals surface area (Å²) in [4.78, 5) is 35.6. The molecule has 0 aliphatic carbocycles. The second-order valence-corrected chi connectivity index (χ2v) is 6.21. The highest BCUT2D eigenvalue weighted by molar-refractivity contribution is 5.89. The average Bonchev–Trinajstić information content (AvgIpc) is 2.72. The Morgan fingerprint density at radius 1 is 0.897 bits per heavy atom. The molecule has 154 valence electrons. The van der Waals surface area contributed by atoms with Crippen molar-refractivity contribution < 1.29 is 34.4 Å². The van der Waals surface area contributed by atoms with Gasteiger partial charge in [0, 0.05) is 6.42 Å². The predicted molar refractivity (Wildman–Crippen MR) is 102 cm³/mol. The van der Waals surface area contributed by atoms with E-state index in [2.05, 4.69) is 10.6 Å². The highest BCUT2D eigenvalue weighted by Gasteiger charge is 2.26. The van der Waals surface area contributed by atoms with E-state index in [1.165, 1.54) is 24.3 Å². The summed E-state index contributed by atoms with van der Waals surface area (Å²) in [5.74, 6) is -2.12. The molecule has 2 aromatic rings.